The Kier molecular flexibility index (Phi) is 6.28. The average Bonchev–Trinajstić information content (AvgIpc) is 2.67. The number of carbonyl (C=O) groups excluding carboxylic acids is 2. The van der Waals surface area contributed by atoms with Crippen LogP contribution in [0.15, 0.2) is 48.5 Å². The minimum atomic E-state index is -0.0350. The molecule has 1 aliphatic heterocycles. The molecule has 0 radical (unpaired) electrons. The predicted molar refractivity (Wildman–Crippen MR) is 110 cm³/mol. The molecule has 27 heavy (non-hydrogen) atoms. The van der Waals surface area contributed by atoms with Gasteiger partial charge in [0.2, 0.25) is 11.8 Å². The normalized spacial score (nSPS) is 13.4. The molecule has 0 saturated carbocycles. The van der Waals surface area contributed by atoms with Gasteiger partial charge in [-0.1, -0.05) is 50.2 Å². The molecule has 0 bridgehead atoms. The molecule has 1 heterocycles. The number of aryl methyl sites for hydroxylation is 2. The molecule has 2 aromatic rings. The molecule has 3 rings (SSSR count). The van der Waals surface area contributed by atoms with E-state index in [-0.39, 0.29) is 17.7 Å². The monoisotopic (exact) mass is 364 g/mol. The van der Waals surface area contributed by atoms with E-state index in [1.165, 1.54) is 11.1 Å². The molecule has 0 fully saturated rings. The predicted octanol–water partition coefficient (Wildman–Crippen LogP) is 4.58. The van der Waals surface area contributed by atoms with Crippen LogP contribution in [0.4, 0.5) is 11.4 Å². The van der Waals surface area contributed by atoms with E-state index in [9.17, 15) is 9.59 Å². The maximum absolute atomic E-state index is 12.5. The van der Waals surface area contributed by atoms with Crippen molar-refractivity contribution in [3.63, 3.8) is 0 Å². The Labute approximate surface area is 161 Å². The van der Waals surface area contributed by atoms with Crippen molar-refractivity contribution in [3.05, 3.63) is 59.7 Å². The van der Waals surface area contributed by atoms with Gasteiger partial charge in [-0.3, -0.25) is 9.59 Å². The third-order valence-corrected chi connectivity index (χ3v) is 4.96. The second-order valence-corrected chi connectivity index (χ2v) is 7.48. The van der Waals surface area contributed by atoms with Crippen LogP contribution in [0.25, 0.3) is 0 Å². The highest BCUT2D eigenvalue weighted by Gasteiger charge is 2.24. The van der Waals surface area contributed by atoms with Crippen molar-refractivity contribution < 1.29 is 9.59 Å². The standard InChI is InChI=1S/C23H28N2O2/c1-17(2)23(27)25-15-7-11-19-13-14-20(16-21(19)25)24-22(26)12-6-10-18-8-4-3-5-9-18/h3-5,8-9,13-14,16-17H,6-7,10-12,15H2,1-2H3,(H,24,26). The van der Waals surface area contributed by atoms with Crippen molar-refractivity contribution in [2.75, 3.05) is 16.8 Å². The van der Waals surface area contributed by atoms with Crippen LogP contribution in [0.5, 0.6) is 0 Å². The minimum Gasteiger partial charge on any atom is -0.326 e. The maximum Gasteiger partial charge on any atom is 0.229 e. The van der Waals surface area contributed by atoms with Gasteiger partial charge in [-0.15, -0.1) is 0 Å². The molecule has 1 N–H and O–H groups in total. The summed E-state index contributed by atoms with van der Waals surface area (Å²) in [7, 11) is 0. The molecular weight excluding hydrogens is 336 g/mol. The summed E-state index contributed by atoms with van der Waals surface area (Å²) in [4.78, 5) is 26.7. The molecule has 142 valence electrons. The van der Waals surface area contributed by atoms with Gasteiger partial charge in [-0.2, -0.15) is 0 Å². The molecule has 0 saturated heterocycles. The summed E-state index contributed by atoms with van der Waals surface area (Å²) in [5, 5.41) is 2.99. The molecule has 0 aliphatic carbocycles. The van der Waals surface area contributed by atoms with Crippen LogP contribution in [-0.4, -0.2) is 18.4 Å². The quantitative estimate of drug-likeness (QED) is 0.815. The number of hydrogen-bond acceptors (Lipinski definition) is 2. The van der Waals surface area contributed by atoms with Crippen molar-refractivity contribution in [1.29, 1.82) is 0 Å². The number of rotatable bonds is 6. The van der Waals surface area contributed by atoms with Gasteiger partial charge in [0.25, 0.3) is 0 Å². The van der Waals surface area contributed by atoms with Gasteiger partial charge in [-0.05, 0) is 48.9 Å². The van der Waals surface area contributed by atoms with E-state index in [2.05, 4.69) is 17.4 Å². The first-order chi connectivity index (χ1) is 13.0. The molecule has 2 aromatic carbocycles. The van der Waals surface area contributed by atoms with Gasteiger partial charge in [0, 0.05) is 30.3 Å². The Bertz CT molecular complexity index is 799. The molecule has 0 unspecified atom stereocenters. The Hall–Kier alpha value is -2.62. The van der Waals surface area contributed by atoms with Crippen LogP contribution in [0, 0.1) is 5.92 Å². The van der Waals surface area contributed by atoms with Crippen LogP contribution >= 0.6 is 0 Å². The third-order valence-electron chi connectivity index (χ3n) is 4.96. The van der Waals surface area contributed by atoms with Crippen LogP contribution in [-0.2, 0) is 22.4 Å². The first-order valence-electron chi connectivity index (χ1n) is 9.82. The Morgan fingerprint density at radius 3 is 2.63 bits per heavy atom. The zero-order valence-corrected chi connectivity index (χ0v) is 16.2. The van der Waals surface area contributed by atoms with E-state index >= 15 is 0 Å². The number of benzene rings is 2. The van der Waals surface area contributed by atoms with E-state index in [1.807, 2.05) is 55.1 Å². The number of amides is 2. The van der Waals surface area contributed by atoms with Crippen molar-refractivity contribution in [3.8, 4) is 0 Å². The van der Waals surface area contributed by atoms with Crippen molar-refractivity contribution in [1.82, 2.24) is 0 Å². The van der Waals surface area contributed by atoms with E-state index in [4.69, 9.17) is 0 Å². The fourth-order valence-corrected chi connectivity index (χ4v) is 3.51. The molecule has 1 aliphatic rings. The number of nitrogens with one attached hydrogen (secondary N) is 1. The van der Waals surface area contributed by atoms with Crippen LogP contribution in [0.3, 0.4) is 0 Å². The summed E-state index contributed by atoms with van der Waals surface area (Å²) >= 11 is 0. The van der Waals surface area contributed by atoms with E-state index in [1.54, 1.807) is 0 Å². The lowest BCUT2D eigenvalue weighted by Crippen LogP contribution is -2.38. The molecule has 0 spiro atoms. The zero-order chi connectivity index (χ0) is 19.2. The third kappa shape index (κ3) is 4.97. The molecule has 0 atom stereocenters. The van der Waals surface area contributed by atoms with Gasteiger partial charge >= 0.3 is 0 Å². The van der Waals surface area contributed by atoms with Crippen LogP contribution in [0.2, 0.25) is 0 Å². The summed E-state index contributed by atoms with van der Waals surface area (Å²) < 4.78 is 0. The summed E-state index contributed by atoms with van der Waals surface area (Å²) in [6, 6.07) is 16.1. The summed E-state index contributed by atoms with van der Waals surface area (Å²) in [6.07, 6.45) is 4.16. The Balaban J connectivity index is 1.61. The molecule has 4 heteroatoms. The van der Waals surface area contributed by atoms with Crippen LogP contribution in [0.1, 0.15) is 44.2 Å². The first-order valence-corrected chi connectivity index (χ1v) is 9.82. The van der Waals surface area contributed by atoms with E-state index < -0.39 is 0 Å². The van der Waals surface area contributed by atoms with Crippen molar-refractivity contribution >= 4 is 23.2 Å². The van der Waals surface area contributed by atoms with Gasteiger partial charge in [0.1, 0.15) is 0 Å². The number of carbonyl (C=O) groups is 2. The SMILES string of the molecule is CC(C)C(=O)N1CCCc2ccc(NC(=O)CCCc3ccccc3)cc21. The Morgan fingerprint density at radius 2 is 1.89 bits per heavy atom. The highest BCUT2D eigenvalue weighted by atomic mass is 16.2. The van der Waals surface area contributed by atoms with Crippen molar-refractivity contribution in [2.24, 2.45) is 5.92 Å². The van der Waals surface area contributed by atoms with Gasteiger partial charge in [-0.25, -0.2) is 0 Å². The highest BCUT2D eigenvalue weighted by Crippen LogP contribution is 2.31. The number of nitrogens with zero attached hydrogens (tertiary/aromatic N) is 1. The van der Waals surface area contributed by atoms with Crippen molar-refractivity contribution in [2.45, 2.75) is 46.0 Å². The summed E-state index contributed by atoms with van der Waals surface area (Å²) in [6.45, 7) is 4.60. The number of hydrogen-bond donors (Lipinski definition) is 1. The Morgan fingerprint density at radius 1 is 1.11 bits per heavy atom. The summed E-state index contributed by atoms with van der Waals surface area (Å²) in [5.41, 5.74) is 4.14. The number of fused-ring (bicyclic) bond motifs is 1. The fraction of sp³-hybridized carbons (Fsp3) is 0.391. The van der Waals surface area contributed by atoms with E-state index in [0.29, 0.717) is 6.42 Å². The molecular formula is C23H28N2O2. The minimum absolute atomic E-state index is 0.0171. The largest absolute Gasteiger partial charge is 0.326 e. The van der Waals surface area contributed by atoms with Gasteiger partial charge < -0.3 is 10.2 Å². The molecule has 4 nitrogen and oxygen atoms in total. The molecule has 2 amide bonds. The second-order valence-electron chi connectivity index (χ2n) is 7.48. The first kappa shape index (κ1) is 19.2. The number of anilines is 2. The smallest absolute Gasteiger partial charge is 0.229 e. The fourth-order valence-electron chi connectivity index (χ4n) is 3.51. The lowest BCUT2D eigenvalue weighted by atomic mass is 9.99. The lowest BCUT2D eigenvalue weighted by molar-refractivity contribution is -0.121. The second kappa shape index (κ2) is 8.85. The summed E-state index contributed by atoms with van der Waals surface area (Å²) in [5.74, 6) is 0.123. The zero-order valence-electron chi connectivity index (χ0n) is 16.2. The van der Waals surface area contributed by atoms with E-state index in [0.717, 1.165) is 43.6 Å². The van der Waals surface area contributed by atoms with Crippen LogP contribution < -0.4 is 10.2 Å². The maximum atomic E-state index is 12.5. The highest BCUT2D eigenvalue weighted by molar-refractivity contribution is 5.97. The topological polar surface area (TPSA) is 49.4 Å². The van der Waals surface area contributed by atoms with Gasteiger partial charge in [0.15, 0.2) is 0 Å². The molecule has 0 aromatic heterocycles. The average molecular weight is 364 g/mol. The van der Waals surface area contributed by atoms with Gasteiger partial charge in [0.05, 0.1) is 0 Å². The lowest BCUT2D eigenvalue weighted by Gasteiger charge is -2.31.